The molecule has 0 bridgehead atoms. The van der Waals surface area contributed by atoms with E-state index in [1.54, 1.807) is 16.9 Å². The average molecular weight is 579 g/mol. The van der Waals surface area contributed by atoms with Crippen molar-refractivity contribution in [2.45, 2.75) is 52.9 Å². The number of fused-ring (bicyclic) bond motifs is 5. The van der Waals surface area contributed by atoms with Gasteiger partial charge in [-0.1, -0.05) is 100 Å². The summed E-state index contributed by atoms with van der Waals surface area (Å²) >= 11 is 1.54. The molecular weight excluding hydrogens is 545 g/mol. The molecule has 212 valence electrons. The number of thiophene rings is 1. The zero-order valence-corrected chi connectivity index (χ0v) is 26.1. The summed E-state index contributed by atoms with van der Waals surface area (Å²) in [6.45, 7) is 11.7. The quantitative estimate of drug-likeness (QED) is 0.212. The van der Waals surface area contributed by atoms with Gasteiger partial charge in [0.15, 0.2) is 0 Å². The maximum atomic E-state index is 11.1. The lowest BCUT2D eigenvalue weighted by atomic mass is 9.64. The zero-order valence-electron chi connectivity index (χ0n) is 25.3. The maximum Gasteiger partial charge on any atom is 0.382 e. The van der Waals surface area contributed by atoms with Gasteiger partial charge in [-0.05, 0) is 110 Å². The predicted octanol–water partition coefficient (Wildman–Crippen LogP) is 10.6. The van der Waals surface area contributed by atoms with E-state index >= 15 is 0 Å². The fourth-order valence-electron chi connectivity index (χ4n) is 7.33. The summed E-state index contributed by atoms with van der Waals surface area (Å²) in [6.07, 6.45) is 6.96. The highest BCUT2D eigenvalue weighted by Gasteiger charge is 2.36. The van der Waals surface area contributed by atoms with Crippen molar-refractivity contribution in [2.75, 3.05) is 0 Å². The van der Waals surface area contributed by atoms with Crippen LogP contribution in [0.1, 0.15) is 62.1 Å². The van der Waals surface area contributed by atoms with Crippen molar-refractivity contribution in [1.82, 2.24) is 0 Å². The Balaban J connectivity index is 1.43. The van der Waals surface area contributed by atoms with Crippen LogP contribution in [0.5, 0.6) is 0 Å². The summed E-state index contributed by atoms with van der Waals surface area (Å²) < 4.78 is 0. The number of allylic oxidation sites excluding steroid dienone is 4. The second kappa shape index (κ2) is 9.83. The van der Waals surface area contributed by atoms with Gasteiger partial charge in [-0.3, -0.25) is 0 Å². The Morgan fingerprint density at radius 1 is 0.837 bits per heavy atom. The van der Waals surface area contributed by atoms with E-state index in [-0.39, 0.29) is 10.8 Å². The average Bonchev–Trinajstić information content (AvgIpc) is 3.42. The van der Waals surface area contributed by atoms with E-state index in [4.69, 9.17) is 5.11 Å². The van der Waals surface area contributed by atoms with Crippen molar-refractivity contribution in [2.24, 2.45) is 5.41 Å². The minimum Gasteiger partial charge on any atom is -0.472 e. The molecule has 43 heavy (non-hydrogen) atoms. The number of carboxylic acids is 1. The summed E-state index contributed by atoms with van der Waals surface area (Å²) in [6, 6.07) is 26.4. The molecule has 1 aromatic heterocycles. The second-order valence-electron chi connectivity index (χ2n) is 13.4. The first-order chi connectivity index (χ1) is 20.5. The summed E-state index contributed by atoms with van der Waals surface area (Å²) in [5.74, 6) is 3.94. The molecule has 0 atom stereocenters. The predicted molar refractivity (Wildman–Crippen MR) is 182 cm³/mol. The molecule has 0 amide bonds. The van der Waals surface area contributed by atoms with Gasteiger partial charge < -0.3 is 5.11 Å². The molecule has 2 aliphatic rings. The lowest BCUT2D eigenvalue weighted by Crippen LogP contribution is -2.27. The van der Waals surface area contributed by atoms with Crippen molar-refractivity contribution >= 4 is 44.4 Å². The standard InChI is InChI=1S/C40H34O2S/c1-24-20-34-26(11-15-32-29-18-19-39(2,3)22-27(29)23-40(4,5)38(32)34)21-33(24)31-14-10-25-8-6-7-9-30(25)37(31)35-16-12-28(43-35)13-17-36(41)42/h6-12,14-16,18-21H,22-23H2,1-5H3,(H,41,42). The number of hydrogen-bond acceptors (Lipinski definition) is 2. The summed E-state index contributed by atoms with van der Waals surface area (Å²) in [7, 11) is 0. The van der Waals surface area contributed by atoms with Gasteiger partial charge in [-0.25, -0.2) is 4.79 Å². The smallest absolute Gasteiger partial charge is 0.382 e. The highest BCUT2D eigenvalue weighted by Crippen LogP contribution is 2.52. The van der Waals surface area contributed by atoms with Crippen LogP contribution >= 0.6 is 11.3 Å². The fraction of sp³-hybridized carbons (Fsp3) is 0.225. The largest absolute Gasteiger partial charge is 0.472 e. The Hall–Kier alpha value is -4.39. The van der Waals surface area contributed by atoms with Gasteiger partial charge in [0.1, 0.15) is 0 Å². The van der Waals surface area contributed by atoms with Crippen LogP contribution in [0.4, 0.5) is 0 Å². The van der Waals surface area contributed by atoms with Crippen LogP contribution in [0, 0.1) is 24.2 Å². The molecule has 0 saturated heterocycles. The van der Waals surface area contributed by atoms with Crippen LogP contribution in [-0.4, -0.2) is 11.1 Å². The molecular formula is C40H34O2S. The molecule has 2 aliphatic carbocycles. The molecule has 4 aromatic carbocycles. The molecule has 3 heteroatoms. The number of aliphatic carboxylic acids is 1. The van der Waals surface area contributed by atoms with E-state index in [0.717, 1.165) is 28.2 Å². The molecule has 1 N–H and O–H groups in total. The highest BCUT2D eigenvalue weighted by atomic mass is 32.1. The lowest BCUT2D eigenvalue weighted by molar-refractivity contribution is -0.130. The molecule has 0 aliphatic heterocycles. The Labute approximate surface area is 257 Å². The first-order valence-corrected chi connectivity index (χ1v) is 15.7. The lowest BCUT2D eigenvalue weighted by Gasteiger charge is -2.40. The van der Waals surface area contributed by atoms with Gasteiger partial charge in [0.05, 0.1) is 4.88 Å². The third-order valence-corrected chi connectivity index (χ3v) is 10.1. The van der Waals surface area contributed by atoms with Crippen molar-refractivity contribution in [3.05, 3.63) is 112 Å². The van der Waals surface area contributed by atoms with E-state index in [1.807, 2.05) is 6.07 Å². The fourth-order valence-corrected chi connectivity index (χ4v) is 8.26. The van der Waals surface area contributed by atoms with Crippen LogP contribution in [-0.2, 0) is 10.2 Å². The van der Waals surface area contributed by atoms with Crippen LogP contribution in [0.15, 0.2) is 90.5 Å². The van der Waals surface area contributed by atoms with Crippen molar-refractivity contribution in [1.29, 1.82) is 0 Å². The number of carboxylic acid groups (broad SMARTS) is 1. The second-order valence-corrected chi connectivity index (χ2v) is 14.5. The van der Waals surface area contributed by atoms with Gasteiger partial charge in [0.2, 0.25) is 0 Å². The van der Waals surface area contributed by atoms with Gasteiger partial charge in [0, 0.05) is 16.4 Å². The van der Waals surface area contributed by atoms with Gasteiger partial charge in [-0.2, -0.15) is 0 Å². The molecule has 0 saturated carbocycles. The highest BCUT2D eigenvalue weighted by molar-refractivity contribution is 7.16. The summed E-state index contributed by atoms with van der Waals surface area (Å²) in [5, 5.41) is 14.0. The minimum absolute atomic E-state index is 0.0430. The topological polar surface area (TPSA) is 37.3 Å². The van der Waals surface area contributed by atoms with E-state index in [1.165, 1.54) is 54.9 Å². The molecule has 0 spiro atoms. The van der Waals surface area contributed by atoms with Crippen LogP contribution in [0.3, 0.4) is 0 Å². The zero-order chi connectivity index (χ0) is 30.1. The maximum absolute atomic E-state index is 11.1. The first-order valence-electron chi connectivity index (χ1n) is 14.9. The third kappa shape index (κ3) is 4.71. The van der Waals surface area contributed by atoms with Crippen LogP contribution in [0.2, 0.25) is 0 Å². The monoisotopic (exact) mass is 578 g/mol. The number of carbonyl (C=O) groups is 1. The Kier molecular flexibility index (Phi) is 6.27. The molecule has 0 fully saturated rings. The van der Waals surface area contributed by atoms with Crippen LogP contribution < -0.4 is 0 Å². The Bertz CT molecular complexity index is 2120. The molecule has 7 rings (SSSR count). The van der Waals surface area contributed by atoms with Crippen molar-refractivity contribution in [3.63, 3.8) is 0 Å². The van der Waals surface area contributed by atoms with Crippen molar-refractivity contribution in [3.8, 4) is 33.4 Å². The molecule has 5 aromatic rings. The molecule has 2 nitrogen and oxygen atoms in total. The van der Waals surface area contributed by atoms with E-state index in [9.17, 15) is 4.79 Å². The molecule has 0 radical (unpaired) electrons. The van der Waals surface area contributed by atoms with Crippen molar-refractivity contribution < 1.29 is 9.90 Å². The van der Waals surface area contributed by atoms with E-state index in [0.29, 0.717) is 0 Å². The van der Waals surface area contributed by atoms with E-state index in [2.05, 4.69) is 125 Å². The van der Waals surface area contributed by atoms with Crippen LogP contribution in [0.25, 0.3) is 48.7 Å². The normalized spacial score (nSPS) is 16.5. The van der Waals surface area contributed by atoms with Gasteiger partial charge in [-0.15, -0.1) is 11.3 Å². The van der Waals surface area contributed by atoms with Gasteiger partial charge >= 0.3 is 5.97 Å². The third-order valence-electron chi connectivity index (χ3n) is 9.10. The van der Waals surface area contributed by atoms with E-state index < -0.39 is 5.97 Å². The molecule has 0 unspecified atom stereocenters. The van der Waals surface area contributed by atoms with Gasteiger partial charge in [0.25, 0.3) is 0 Å². The Morgan fingerprint density at radius 3 is 2.42 bits per heavy atom. The number of rotatable bonds is 2. The number of hydrogen-bond donors (Lipinski definition) is 1. The minimum atomic E-state index is -1.12. The SMILES string of the molecule is Cc1cc2c3c(ccc2cc1-c1ccc2ccccc2c1-c1ccc(C#CC(=O)O)s1)C1=C(CC(C)(C)C=C1)CC3(C)C. The molecule has 1 heterocycles. The summed E-state index contributed by atoms with van der Waals surface area (Å²) in [4.78, 5) is 12.9. The number of aryl methyl sites for hydroxylation is 1. The summed E-state index contributed by atoms with van der Waals surface area (Å²) in [5.41, 5.74) is 10.9. The first kappa shape index (κ1) is 27.4. The Morgan fingerprint density at radius 2 is 1.60 bits per heavy atom. The number of benzene rings is 4.